The third-order valence-corrected chi connectivity index (χ3v) is 6.55. The van der Waals surface area contributed by atoms with E-state index in [2.05, 4.69) is 10.6 Å². The minimum atomic E-state index is -3.76. The summed E-state index contributed by atoms with van der Waals surface area (Å²) in [5.41, 5.74) is 1.07. The number of hydrogen-bond acceptors (Lipinski definition) is 4. The maximum absolute atomic E-state index is 14.6. The molecule has 0 saturated carbocycles. The second kappa shape index (κ2) is 8.87. The summed E-state index contributed by atoms with van der Waals surface area (Å²) >= 11 is 5.74. The van der Waals surface area contributed by atoms with Crippen LogP contribution in [0.2, 0.25) is 5.02 Å². The molecule has 2 aliphatic heterocycles. The Bertz CT molecular complexity index is 1200. The Hall–Kier alpha value is -3.20. The number of carbonyl (C=O) groups excluding carboxylic acids is 4. The number of rotatable bonds is 5. The Kier molecular flexibility index (Phi) is 6.24. The van der Waals surface area contributed by atoms with E-state index in [1.807, 2.05) is 0 Å². The highest BCUT2D eigenvalue weighted by Gasteiger charge is 2.44. The second-order valence-corrected chi connectivity index (χ2v) is 8.91. The topological polar surface area (TPSA) is 95.6 Å². The molecule has 4 amide bonds. The standard InChI is InChI=1S/C22H20B2ClF2N3O4/c23-17(29-21(34)22(26,27)11-2-4-12(25)5-3-11)10-1-6-13-14(9-10)18(24)30(20(13)33)15-7-8-16(31)28-19(15)32/h1-6,9,15,17-18H,7-8,23-24H2,(H,29,34)(H,28,31,32). The highest BCUT2D eigenvalue weighted by molar-refractivity contribution is 6.30. The van der Waals surface area contributed by atoms with Gasteiger partial charge in [0.1, 0.15) is 21.7 Å². The van der Waals surface area contributed by atoms with Gasteiger partial charge in [0, 0.05) is 34.5 Å². The van der Waals surface area contributed by atoms with Crippen molar-refractivity contribution in [3.05, 3.63) is 69.7 Å². The molecule has 7 nitrogen and oxygen atoms in total. The van der Waals surface area contributed by atoms with E-state index >= 15 is 0 Å². The van der Waals surface area contributed by atoms with Crippen LogP contribution in [0.25, 0.3) is 0 Å². The molecule has 2 aromatic rings. The first-order valence-electron chi connectivity index (χ1n) is 10.8. The fraction of sp³-hybridized carbons (Fsp3) is 0.273. The number of hydrogen-bond donors (Lipinski definition) is 2. The van der Waals surface area contributed by atoms with Crippen LogP contribution in [0, 0.1) is 0 Å². The zero-order chi connectivity index (χ0) is 24.8. The molecule has 174 valence electrons. The Morgan fingerprint density at radius 1 is 1.18 bits per heavy atom. The average Bonchev–Trinajstić information content (AvgIpc) is 3.04. The molecule has 3 atom stereocenters. The van der Waals surface area contributed by atoms with E-state index in [1.54, 1.807) is 33.9 Å². The Morgan fingerprint density at radius 2 is 1.85 bits per heavy atom. The average molecular weight is 485 g/mol. The maximum Gasteiger partial charge on any atom is 0.349 e. The largest absolute Gasteiger partial charge is 0.352 e. The van der Waals surface area contributed by atoms with Gasteiger partial charge in [0.25, 0.3) is 11.8 Å². The van der Waals surface area contributed by atoms with Gasteiger partial charge < -0.3 is 10.2 Å². The van der Waals surface area contributed by atoms with E-state index in [1.165, 1.54) is 17.0 Å². The Morgan fingerprint density at radius 3 is 2.50 bits per heavy atom. The molecule has 0 spiro atoms. The smallest absolute Gasteiger partial charge is 0.349 e. The van der Waals surface area contributed by atoms with E-state index in [-0.39, 0.29) is 29.7 Å². The van der Waals surface area contributed by atoms with Crippen molar-refractivity contribution in [1.29, 1.82) is 0 Å². The lowest BCUT2D eigenvalue weighted by atomic mass is 9.82. The Labute approximate surface area is 201 Å². The zero-order valence-electron chi connectivity index (χ0n) is 18.4. The molecule has 2 heterocycles. The molecule has 1 fully saturated rings. The van der Waals surface area contributed by atoms with Crippen molar-refractivity contribution in [3.63, 3.8) is 0 Å². The molecule has 4 rings (SSSR count). The van der Waals surface area contributed by atoms with Gasteiger partial charge in [0.05, 0.1) is 0 Å². The van der Waals surface area contributed by atoms with Crippen LogP contribution < -0.4 is 10.6 Å². The van der Waals surface area contributed by atoms with Gasteiger partial charge in [-0.25, -0.2) is 0 Å². The molecule has 34 heavy (non-hydrogen) atoms. The summed E-state index contributed by atoms with van der Waals surface area (Å²) in [5.74, 6) is -7.70. The number of amides is 4. The van der Waals surface area contributed by atoms with E-state index in [4.69, 9.17) is 11.6 Å². The minimum absolute atomic E-state index is 0.138. The van der Waals surface area contributed by atoms with Crippen LogP contribution in [0.1, 0.15) is 51.8 Å². The molecule has 0 aliphatic carbocycles. The summed E-state index contributed by atoms with van der Waals surface area (Å²) in [5, 5.41) is 4.87. The van der Waals surface area contributed by atoms with Crippen LogP contribution in [-0.2, 0) is 20.3 Å². The fourth-order valence-corrected chi connectivity index (χ4v) is 4.50. The molecule has 12 heteroatoms. The fourth-order valence-electron chi connectivity index (χ4n) is 4.38. The summed E-state index contributed by atoms with van der Waals surface area (Å²) in [6.45, 7) is 0. The van der Waals surface area contributed by atoms with Crippen molar-refractivity contribution in [2.75, 3.05) is 0 Å². The van der Waals surface area contributed by atoms with E-state index in [0.717, 1.165) is 12.1 Å². The number of halogens is 3. The number of fused-ring (bicyclic) bond motifs is 1. The van der Waals surface area contributed by atoms with E-state index < -0.39 is 41.2 Å². The molecule has 2 aromatic carbocycles. The molecule has 1 saturated heterocycles. The summed E-state index contributed by atoms with van der Waals surface area (Å²) in [6, 6.07) is 8.82. The number of carbonyl (C=O) groups is 4. The third kappa shape index (κ3) is 4.20. The highest BCUT2D eigenvalue weighted by atomic mass is 35.5. The summed E-state index contributed by atoms with van der Waals surface area (Å²) in [6.07, 6.45) is 0.368. The lowest BCUT2D eigenvalue weighted by Crippen LogP contribution is -2.53. The third-order valence-electron chi connectivity index (χ3n) is 6.29. The monoisotopic (exact) mass is 485 g/mol. The van der Waals surface area contributed by atoms with Gasteiger partial charge in [-0.05, 0) is 35.7 Å². The van der Waals surface area contributed by atoms with Crippen LogP contribution in [0.4, 0.5) is 8.78 Å². The summed E-state index contributed by atoms with van der Waals surface area (Å²) in [7, 11) is 3.33. The molecule has 0 radical (unpaired) electrons. The van der Waals surface area contributed by atoms with Gasteiger partial charge in [-0.15, -0.1) is 0 Å². The van der Waals surface area contributed by atoms with Crippen LogP contribution in [0.15, 0.2) is 42.5 Å². The molecule has 2 N–H and O–H groups in total. The van der Waals surface area contributed by atoms with Gasteiger partial charge in [0.2, 0.25) is 11.8 Å². The maximum atomic E-state index is 14.6. The van der Waals surface area contributed by atoms with Gasteiger partial charge in [-0.1, -0.05) is 35.9 Å². The number of nitrogens with zero attached hydrogens (tertiary/aromatic N) is 1. The molecular weight excluding hydrogens is 465 g/mol. The minimum Gasteiger partial charge on any atom is -0.352 e. The van der Waals surface area contributed by atoms with Crippen molar-refractivity contribution in [3.8, 4) is 0 Å². The van der Waals surface area contributed by atoms with Crippen molar-refractivity contribution >= 4 is 50.9 Å². The summed E-state index contributed by atoms with van der Waals surface area (Å²) in [4.78, 5) is 50.6. The van der Waals surface area contributed by atoms with E-state index in [0.29, 0.717) is 16.7 Å². The van der Waals surface area contributed by atoms with E-state index in [9.17, 15) is 28.0 Å². The van der Waals surface area contributed by atoms with Gasteiger partial charge in [-0.2, -0.15) is 8.78 Å². The molecule has 2 aliphatic rings. The quantitative estimate of drug-likeness (QED) is 0.483. The van der Waals surface area contributed by atoms with Crippen molar-refractivity contribution in [2.45, 2.75) is 36.7 Å². The SMILES string of the molecule is BC(NC(=O)C(F)(F)c1ccc(Cl)cc1)c1ccc2c(c1)C(B)N(C1CCC(=O)NC1=O)C2=O. The highest BCUT2D eigenvalue weighted by Crippen LogP contribution is 2.36. The zero-order valence-corrected chi connectivity index (χ0v) is 19.2. The van der Waals surface area contributed by atoms with Crippen molar-refractivity contribution in [2.24, 2.45) is 0 Å². The first-order chi connectivity index (χ1) is 16.0. The number of nitrogens with one attached hydrogen (secondary N) is 2. The number of alkyl halides is 2. The van der Waals surface area contributed by atoms with Gasteiger partial charge in [-0.3, -0.25) is 24.5 Å². The van der Waals surface area contributed by atoms with Crippen LogP contribution in [0.5, 0.6) is 0 Å². The number of imide groups is 1. The van der Waals surface area contributed by atoms with Gasteiger partial charge >= 0.3 is 5.92 Å². The normalized spacial score (nSPS) is 21.1. The second-order valence-electron chi connectivity index (χ2n) is 8.48. The van der Waals surface area contributed by atoms with Crippen molar-refractivity contribution in [1.82, 2.24) is 15.5 Å². The lowest BCUT2D eigenvalue weighted by Gasteiger charge is -2.33. The molecular formula is C22H20B2ClF2N3O4. The Balaban J connectivity index is 1.52. The van der Waals surface area contributed by atoms with Gasteiger partial charge in [0.15, 0.2) is 0 Å². The van der Waals surface area contributed by atoms with Crippen LogP contribution in [-0.4, -0.2) is 50.3 Å². The number of piperidine rings is 1. The molecule has 0 bridgehead atoms. The van der Waals surface area contributed by atoms with Crippen LogP contribution in [0.3, 0.4) is 0 Å². The van der Waals surface area contributed by atoms with Crippen molar-refractivity contribution < 1.29 is 28.0 Å². The first kappa shape index (κ1) is 23.9. The molecule has 0 aromatic heterocycles. The predicted octanol–water partition coefficient (Wildman–Crippen LogP) is 0.773. The molecule has 3 unspecified atom stereocenters. The lowest BCUT2D eigenvalue weighted by molar-refractivity contribution is -0.147. The van der Waals surface area contributed by atoms with Crippen LogP contribution >= 0.6 is 11.6 Å². The predicted molar refractivity (Wildman–Crippen MR) is 125 cm³/mol. The first-order valence-corrected chi connectivity index (χ1v) is 11.1. The number of benzene rings is 2. The summed E-state index contributed by atoms with van der Waals surface area (Å²) < 4.78 is 29.3.